The molecule has 0 aliphatic rings. The number of amides is 1. The highest BCUT2D eigenvalue weighted by molar-refractivity contribution is 6.32. The number of carbonyl (C=O) groups excluding carboxylic acids is 1. The number of aryl methyl sites for hydroxylation is 1. The minimum Gasteiger partial charge on any atom is -0.324 e. The van der Waals surface area contributed by atoms with E-state index in [9.17, 15) is 4.79 Å². The van der Waals surface area contributed by atoms with Crippen LogP contribution >= 0.6 is 11.6 Å². The fourth-order valence-corrected chi connectivity index (χ4v) is 3.28. The molecule has 0 saturated carbocycles. The van der Waals surface area contributed by atoms with Crippen molar-refractivity contribution >= 4 is 34.1 Å². The Kier molecular flexibility index (Phi) is 5.34. The lowest BCUT2D eigenvalue weighted by Crippen LogP contribution is -2.13. The maximum absolute atomic E-state index is 12.4. The zero-order chi connectivity index (χ0) is 17.8. The molecule has 0 saturated heterocycles. The van der Waals surface area contributed by atoms with Crippen LogP contribution in [-0.2, 0) is 4.79 Å². The molecule has 0 aliphatic heterocycles. The summed E-state index contributed by atoms with van der Waals surface area (Å²) < 4.78 is 0. The number of halogens is 1. The zero-order valence-electron chi connectivity index (χ0n) is 14.4. The van der Waals surface area contributed by atoms with Gasteiger partial charge in [0.25, 0.3) is 0 Å². The Morgan fingerprint density at radius 2 is 1.92 bits per heavy atom. The molecule has 0 aliphatic carbocycles. The van der Waals surface area contributed by atoms with Crippen LogP contribution in [0.25, 0.3) is 10.9 Å². The van der Waals surface area contributed by atoms with Crippen LogP contribution in [0.2, 0.25) is 5.02 Å². The normalized spacial score (nSPS) is 12.1. The lowest BCUT2D eigenvalue weighted by Gasteiger charge is -2.15. The first-order valence-electron chi connectivity index (χ1n) is 8.45. The van der Waals surface area contributed by atoms with Gasteiger partial charge in [-0.2, -0.15) is 0 Å². The highest BCUT2D eigenvalue weighted by Crippen LogP contribution is 2.30. The number of hydrogen-bond acceptors (Lipinski definition) is 2. The number of carbonyl (C=O) groups is 1. The summed E-state index contributed by atoms with van der Waals surface area (Å²) in [6.07, 6.45) is 2.92. The fraction of sp³-hybridized carbons (Fsp3) is 0.238. The van der Waals surface area contributed by atoms with Crippen molar-refractivity contribution in [3.8, 4) is 0 Å². The van der Waals surface area contributed by atoms with E-state index in [1.165, 1.54) is 0 Å². The molecule has 0 radical (unpaired) electrons. The first kappa shape index (κ1) is 17.4. The van der Waals surface area contributed by atoms with Crippen LogP contribution in [0, 0.1) is 6.92 Å². The van der Waals surface area contributed by atoms with Crippen LogP contribution in [0.4, 0.5) is 5.69 Å². The molecule has 1 amide bonds. The Balaban J connectivity index is 1.65. The number of nitrogens with one attached hydrogen (secondary N) is 1. The second-order valence-electron chi connectivity index (χ2n) is 6.35. The number of pyridine rings is 1. The molecule has 1 aromatic heterocycles. The van der Waals surface area contributed by atoms with E-state index in [1.54, 1.807) is 6.20 Å². The number of nitrogens with zero attached hydrogens (tertiary/aromatic N) is 1. The standard InChI is InChI=1S/C21H21ClN2O/c1-14(17-9-3-6-15(2)20(17)22)11-12-19(25)24-18-10-4-7-16-8-5-13-23-21(16)18/h3-10,13-14H,11-12H2,1-2H3,(H,24,25). The van der Waals surface area contributed by atoms with Crippen LogP contribution in [0.3, 0.4) is 0 Å². The minimum absolute atomic E-state index is 0.00576. The van der Waals surface area contributed by atoms with Crippen LogP contribution in [0.1, 0.15) is 36.8 Å². The van der Waals surface area contributed by atoms with Gasteiger partial charge in [-0.3, -0.25) is 9.78 Å². The van der Waals surface area contributed by atoms with Gasteiger partial charge in [-0.1, -0.05) is 54.9 Å². The molecule has 4 heteroatoms. The molecule has 2 aromatic carbocycles. The summed E-state index contributed by atoms with van der Waals surface area (Å²) in [6.45, 7) is 4.10. The largest absolute Gasteiger partial charge is 0.324 e. The van der Waals surface area contributed by atoms with Gasteiger partial charge in [-0.25, -0.2) is 0 Å². The number of fused-ring (bicyclic) bond motifs is 1. The smallest absolute Gasteiger partial charge is 0.224 e. The summed E-state index contributed by atoms with van der Waals surface area (Å²) in [5.41, 5.74) is 3.73. The molecule has 1 heterocycles. The lowest BCUT2D eigenvalue weighted by atomic mass is 9.94. The number of aromatic nitrogens is 1. The van der Waals surface area contributed by atoms with Crippen LogP contribution in [0.15, 0.2) is 54.7 Å². The van der Waals surface area contributed by atoms with Gasteiger partial charge in [0, 0.05) is 23.0 Å². The number of hydrogen-bond donors (Lipinski definition) is 1. The van der Waals surface area contributed by atoms with Crippen LogP contribution in [-0.4, -0.2) is 10.9 Å². The summed E-state index contributed by atoms with van der Waals surface area (Å²) in [5, 5.41) is 4.80. The highest BCUT2D eigenvalue weighted by Gasteiger charge is 2.14. The van der Waals surface area contributed by atoms with E-state index in [2.05, 4.69) is 17.2 Å². The Bertz CT molecular complexity index is 902. The summed E-state index contributed by atoms with van der Waals surface area (Å²) in [7, 11) is 0. The second-order valence-corrected chi connectivity index (χ2v) is 6.72. The minimum atomic E-state index is -0.00576. The van der Waals surface area contributed by atoms with Crippen molar-refractivity contribution in [1.82, 2.24) is 4.98 Å². The molecule has 0 spiro atoms. The lowest BCUT2D eigenvalue weighted by molar-refractivity contribution is -0.116. The van der Waals surface area contributed by atoms with Crippen molar-refractivity contribution in [1.29, 1.82) is 0 Å². The van der Waals surface area contributed by atoms with Gasteiger partial charge in [-0.05, 0) is 42.5 Å². The SMILES string of the molecule is Cc1cccc(C(C)CCC(=O)Nc2cccc3cccnc23)c1Cl. The summed E-state index contributed by atoms with van der Waals surface area (Å²) >= 11 is 6.39. The van der Waals surface area contributed by atoms with Crippen molar-refractivity contribution in [3.05, 3.63) is 70.9 Å². The third kappa shape index (κ3) is 3.99. The Morgan fingerprint density at radius 3 is 2.76 bits per heavy atom. The predicted molar refractivity (Wildman–Crippen MR) is 104 cm³/mol. The third-order valence-corrected chi connectivity index (χ3v) is 4.98. The molecule has 3 nitrogen and oxygen atoms in total. The number of rotatable bonds is 5. The molecule has 3 aromatic rings. The van der Waals surface area contributed by atoms with E-state index in [0.717, 1.165) is 39.2 Å². The summed E-state index contributed by atoms with van der Waals surface area (Å²) in [5.74, 6) is 0.220. The molecular weight excluding hydrogens is 332 g/mol. The summed E-state index contributed by atoms with van der Waals surface area (Å²) in [6, 6.07) is 15.7. The van der Waals surface area contributed by atoms with Gasteiger partial charge in [0.15, 0.2) is 0 Å². The van der Waals surface area contributed by atoms with E-state index in [0.29, 0.717) is 6.42 Å². The quantitative estimate of drug-likeness (QED) is 0.638. The molecule has 3 rings (SSSR count). The third-order valence-electron chi connectivity index (χ3n) is 4.46. The van der Waals surface area contributed by atoms with Crippen LogP contribution in [0.5, 0.6) is 0 Å². The summed E-state index contributed by atoms with van der Waals surface area (Å²) in [4.78, 5) is 16.7. The van der Waals surface area contributed by atoms with Gasteiger partial charge in [0.2, 0.25) is 5.91 Å². The van der Waals surface area contributed by atoms with E-state index < -0.39 is 0 Å². The monoisotopic (exact) mass is 352 g/mol. The van der Waals surface area contributed by atoms with Gasteiger partial charge in [0.05, 0.1) is 11.2 Å². The van der Waals surface area contributed by atoms with Gasteiger partial charge in [0.1, 0.15) is 0 Å². The molecule has 1 atom stereocenters. The maximum Gasteiger partial charge on any atom is 0.224 e. The molecule has 1 N–H and O–H groups in total. The first-order chi connectivity index (χ1) is 12.1. The van der Waals surface area contributed by atoms with Gasteiger partial charge < -0.3 is 5.32 Å². The van der Waals surface area contributed by atoms with Crippen molar-refractivity contribution in [3.63, 3.8) is 0 Å². The highest BCUT2D eigenvalue weighted by atomic mass is 35.5. The number of para-hydroxylation sites is 1. The molecule has 1 unspecified atom stereocenters. The predicted octanol–water partition coefficient (Wildman–Crippen LogP) is 5.72. The van der Waals surface area contributed by atoms with E-state index in [4.69, 9.17) is 11.6 Å². The average Bonchev–Trinajstić information content (AvgIpc) is 2.62. The van der Waals surface area contributed by atoms with Crippen molar-refractivity contribution in [2.45, 2.75) is 32.6 Å². The van der Waals surface area contributed by atoms with Crippen molar-refractivity contribution < 1.29 is 4.79 Å². The fourth-order valence-electron chi connectivity index (χ4n) is 2.97. The van der Waals surface area contributed by atoms with Crippen molar-refractivity contribution in [2.24, 2.45) is 0 Å². The Labute approximate surface area is 153 Å². The molecule has 0 bridgehead atoms. The number of anilines is 1. The molecule has 25 heavy (non-hydrogen) atoms. The van der Waals surface area contributed by atoms with Gasteiger partial charge >= 0.3 is 0 Å². The van der Waals surface area contributed by atoms with Crippen LogP contribution < -0.4 is 5.32 Å². The first-order valence-corrected chi connectivity index (χ1v) is 8.82. The molecule has 0 fully saturated rings. The number of benzene rings is 2. The van der Waals surface area contributed by atoms with Gasteiger partial charge in [-0.15, -0.1) is 0 Å². The molecular formula is C21H21ClN2O. The van der Waals surface area contributed by atoms with E-state index >= 15 is 0 Å². The van der Waals surface area contributed by atoms with E-state index in [1.807, 2.05) is 55.5 Å². The molecule has 128 valence electrons. The second kappa shape index (κ2) is 7.66. The Morgan fingerprint density at radius 1 is 1.16 bits per heavy atom. The van der Waals surface area contributed by atoms with Crippen molar-refractivity contribution in [2.75, 3.05) is 5.32 Å². The topological polar surface area (TPSA) is 42.0 Å². The maximum atomic E-state index is 12.4. The van der Waals surface area contributed by atoms with E-state index in [-0.39, 0.29) is 11.8 Å². The zero-order valence-corrected chi connectivity index (χ0v) is 15.2. The average molecular weight is 353 g/mol. The Hall–Kier alpha value is -2.39.